The number of aromatic amines is 2. The zero-order valence-electron chi connectivity index (χ0n) is 9.06. The Hall–Kier alpha value is -2.41. The molecule has 0 aliphatic heterocycles. The van der Waals surface area contributed by atoms with Crippen LogP contribution in [0.4, 0.5) is 5.13 Å². The van der Waals surface area contributed by atoms with Gasteiger partial charge in [-0.2, -0.15) is 0 Å². The van der Waals surface area contributed by atoms with E-state index < -0.39 is 0 Å². The summed E-state index contributed by atoms with van der Waals surface area (Å²) >= 11 is 1.33. The molecule has 3 rings (SSSR count). The van der Waals surface area contributed by atoms with Crippen LogP contribution in [0.1, 0.15) is 10.4 Å². The second-order valence-corrected chi connectivity index (χ2v) is 4.49. The molecule has 0 spiro atoms. The predicted octanol–water partition coefficient (Wildman–Crippen LogP) is 1.56. The Morgan fingerprint density at radius 2 is 2.22 bits per heavy atom. The topological polar surface area (TPSA) is 90.6 Å². The number of amides is 1. The van der Waals surface area contributed by atoms with Crippen LogP contribution >= 0.6 is 11.3 Å². The molecule has 6 nitrogen and oxygen atoms in total. The maximum atomic E-state index is 12.1. The fourth-order valence-electron chi connectivity index (χ4n) is 1.70. The number of H-pyrrole nitrogens is 2. The molecule has 1 aromatic carbocycles. The second kappa shape index (κ2) is 4.11. The molecule has 0 aliphatic carbocycles. The third-order valence-corrected chi connectivity index (χ3v) is 3.14. The Balaban J connectivity index is 2.03. The minimum Gasteiger partial charge on any atom is -0.306 e. The Morgan fingerprint density at radius 3 is 3.00 bits per heavy atom. The molecule has 90 valence electrons. The molecule has 0 radical (unpaired) electrons. The number of hydrogen-bond donors (Lipinski definition) is 3. The van der Waals surface area contributed by atoms with Gasteiger partial charge in [-0.3, -0.25) is 10.1 Å². The maximum absolute atomic E-state index is 12.1. The van der Waals surface area contributed by atoms with Crippen molar-refractivity contribution in [3.8, 4) is 0 Å². The molecule has 18 heavy (non-hydrogen) atoms. The van der Waals surface area contributed by atoms with Crippen molar-refractivity contribution >= 4 is 33.4 Å². The first-order valence-electron chi connectivity index (χ1n) is 5.16. The van der Waals surface area contributed by atoms with Gasteiger partial charge in [-0.15, -0.1) is 11.3 Å². The summed E-state index contributed by atoms with van der Waals surface area (Å²) < 4.78 is 0. The Kier molecular flexibility index (Phi) is 2.45. The number of thiazole rings is 1. The van der Waals surface area contributed by atoms with Crippen molar-refractivity contribution in [2.45, 2.75) is 0 Å². The van der Waals surface area contributed by atoms with E-state index in [0.717, 1.165) is 0 Å². The van der Waals surface area contributed by atoms with E-state index in [1.54, 1.807) is 29.8 Å². The van der Waals surface area contributed by atoms with Gasteiger partial charge in [0.25, 0.3) is 5.91 Å². The molecule has 2 heterocycles. The molecule has 0 saturated heterocycles. The third-order valence-electron chi connectivity index (χ3n) is 2.45. The zero-order chi connectivity index (χ0) is 12.5. The molecule has 0 saturated carbocycles. The van der Waals surface area contributed by atoms with Crippen molar-refractivity contribution < 1.29 is 4.79 Å². The highest BCUT2D eigenvalue weighted by molar-refractivity contribution is 7.13. The lowest BCUT2D eigenvalue weighted by Gasteiger charge is -2.02. The van der Waals surface area contributed by atoms with Gasteiger partial charge in [-0.25, -0.2) is 9.78 Å². The standard InChI is InChI=1S/C11H8N4O2S/c16-9(15-11-12-4-5-18-11)6-2-1-3-7-8(6)14-10(17)13-7/h1-5H,(H,12,15,16)(H2,13,14,17). The van der Waals surface area contributed by atoms with Crippen molar-refractivity contribution in [1.82, 2.24) is 15.0 Å². The van der Waals surface area contributed by atoms with Gasteiger partial charge in [-0.05, 0) is 12.1 Å². The van der Waals surface area contributed by atoms with E-state index in [1.165, 1.54) is 11.3 Å². The van der Waals surface area contributed by atoms with Crippen LogP contribution in [0.25, 0.3) is 11.0 Å². The summed E-state index contributed by atoms with van der Waals surface area (Å²) in [4.78, 5) is 32.5. The number of nitrogens with zero attached hydrogens (tertiary/aromatic N) is 1. The molecular formula is C11H8N4O2S. The van der Waals surface area contributed by atoms with Crippen molar-refractivity contribution in [1.29, 1.82) is 0 Å². The van der Waals surface area contributed by atoms with E-state index >= 15 is 0 Å². The fraction of sp³-hybridized carbons (Fsp3) is 0. The summed E-state index contributed by atoms with van der Waals surface area (Å²) in [6.07, 6.45) is 1.61. The summed E-state index contributed by atoms with van der Waals surface area (Å²) in [6, 6.07) is 5.09. The van der Waals surface area contributed by atoms with E-state index in [0.29, 0.717) is 21.7 Å². The average Bonchev–Trinajstić information content (AvgIpc) is 2.95. The number of benzene rings is 1. The summed E-state index contributed by atoms with van der Waals surface area (Å²) in [6.45, 7) is 0. The van der Waals surface area contributed by atoms with Crippen LogP contribution in [0.2, 0.25) is 0 Å². The first-order valence-corrected chi connectivity index (χ1v) is 6.04. The van der Waals surface area contributed by atoms with Gasteiger partial charge in [-0.1, -0.05) is 6.07 Å². The molecule has 0 atom stereocenters. The molecule has 1 amide bonds. The number of rotatable bonds is 2. The van der Waals surface area contributed by atoms with Crippen LogP contribution in [0.5, 0.6) is 0 Å². The van der Waals surface area contributed by atoms with Crippen molar-refractivity contribution in [2.75, 3.05) is 5.32 Å². The SMILES string of the molecule is O=C(Nc1nccs1)c1cccc2[nH]c(=O)[nH]c12. The highest BCUT2D eigenvalue weighted by atomic mass is 32.1. The van der Waals surface area contributed by atoms with Gasteiger partial charge < -0.3 is 9.97 Å². The molecule has 0 aliphatic rings. The van der Waals surface area contributed by atoms with Crippen LogP contribution in [0.15, 0.2) is 34.6 Å². The molecule has 7 heteroatoms. The number of carbonyl (C=O) groups is 1. The highest BCUT2D eigenvalue weighted by Gasteiger charge is 2.12. The van der Waals surface area contributed by atoms with Gasteiger partial charge in [0, 0.05) is 11.6 Å². The van der Waals surface area contributed by atoms with Gasteiger partial charge in [0.2, 0.25) is 0 Å². The van der Waals surface area contributed by atoms with E-state index in [4.69, 9.17) is 0 Å². The van der Waals surface area contributed by atoms with E-state index in [2.05, 4.69) is 20.3 Å². The van der Waals surface area contributed by atoms with Gasteiger partial charge in [0.15, 0.2) is 5.13 Å². The fourth-order valence-corrected chi connectivity index (χ4v) is 2.22. The quantitative estimate of drug-likeness (QED) is 0.653. The number of hydrogen-bond acceptors (Lipinski definition) is 4. The average molecular weight is 260 g/mol. The van der Waals surface area contributed by atoms with Gasteiger partial charge >= 0.3 is 5.69 Å². The smallest absolute Gasteiger partial charge is 0.306 e. The summed E-state index contributed by atoms with van der Waals surface area (Å²) in [7, 11) is 0. The normalized spacial score (nSPS) is 10.7. The lowest BCUT2D eigenvalue weighted by molar-refractivity contribution is 0.102. The molecule has 3 N–H and O–H groups in total. The molecule has 0 fully saturated rings. The maximum Gasteiger partial charge on any atom is 0.323 e. The number of nitrogens with one attached hydrogen (secondary N) is 3. The number of carbonyl (C=O) groups excluding carboxylic acids is 1. The minimum atomic E-state index is -0.334. The summed E-state index contributed by atoms with van der Waals surface area (Å²) in [5, 5.41) is 4.97. The van der Waals surface area contributed by atoms with Crippen molar-refractivity contribution in [2.24, 2.45) is 0 Å². The zero-order valence-corrected chi connectivity index (χ0v) is 9.88. The molecule has 2 aromatic heterocycles. The van der Waals surface area contributed by atoms with Crippen LogP contribution in [0.3, 0.4) is 0 Å². The third kappa shape index (κ3) is 1.80. The van der Waals surface area contributed by atoms with E-state index in [1.807, 2.05) is 0 Å². The molecule has 0 bridgehead atoms. The highest BCUT2D eigenvalue weighted by Crippen LogP contribution is 2.16. The number of aromatic nitrogens is 3. The lowest BCUT2D eigenvalue weighted by Crippen LogP contribution is -2.12. The second-order valence-electron chi connectivity index (χ2n) is 3.60. The van der Waals surface area contributed by atoms with Gasteiger partial charge in [0.1, 0.15) is 0 Å². The molecule has 0 unspecified atom stereocenters. The van der Waals surface area contributed by atoms with Crippen molar-refractivity contribution in [3.05, 3.63) is 45.8 Å². The number of fused-ring (bicyclic) bond motifs is 1. The summed E-state index contributed by atoms with van der Waals surface area (Å²) in [5.41, 5.74) is 1.17. The first kappa shape index (κ1) is 10.7. The Morgan fingerprint density at radius 1 is 1.33 bits per heavy atom. The largest absolute Gasteiger partial charge is 0.323 e. The van der Waals surface area contributed by atoms with Crippen LogP contribution in [0, 0.1) is 0 Å². The minimum absolute atomic E-state index is 0.300. The van der Waals surface area contributed by atoms with Crippen LogP contribution < -0.4 is 11.0 Å². The number of para-hydroxylation sites is 1. The molecule has 3 aromatic rings. The summed E-state index contributed by atoms with van der Waals surface area (Å²) in [5.74, 6) is -0.300. The molecular weight excluding hydrogens is 252 g/mol. The van der Waals surface area contributed by atoms with Crippen LogP contribution in [-0.2, 0) is 0 Å². The van der Waals surface area contributed by atoms with Crippen molar-refractivity contribution in [3.63, 3.8) is 0 Å². The van der Waals surface area contributed by atoms with E-state index in [-0.39, 0.29) is 11.6 Å². The Bertz CT molecular complexity index is 757. The van der Waals surface area contributed by atoms with Gasteiger partial charge in [0.05, 0.1) is 16.6 Å². The Labute approximate surface area is 105 Å². The van der Waals surface area contributed by atoms with Crippen LogP contribution in [-0.4, -0.2) is 20.9 Å². The van der Waals surface area contributed by atoms with E-state index in [9.17, 15) is 9.59 Å². The predicted molar refractivity (Wildman–Crippen MR) is 69.0 cm³/mol. The first-order chi connectivity index (χ1) is 8.74. The monoisotopic (exact) mass is 260 g/mol. The number of anilines is 1. The lowest BCUT2D eigenvalue weighted by atomic mass is 10.2. The number of imidazole rings is 1.